The summed E-state index contributed by atoms with van der Waals surface area (Å²) < 4.78 is 9.44. The Labute approximate surface area is 236 Å². The van der Waals surface area contributed by atoms with Gasteiger partial charge in [0.1, 0.15) is 17.3 Å². The van der Waals surface area contributed by atoms with Crippen LogP contribution in [-0.2, 0) is 4.79 Å². The number of aryl methyl sites for hydroxylation is 1. The summed E-state index contributed by atoms with van der Waals surface area (Å²) in [6, 6.07) is 27.5. The lowest BCUT2D eigenvalue weighted by atomic mass is 10.1. The molecular formula is C30H29N7O2S. The molecule has 2 aromatic heterocycles. The monoisotopic (exact) mass is 551 g/mol. The number of para-hydroxylation sites is 2. The van der Waals surface area contributed by atoms with Gasteiger partial charge >= 0.3 is 0 Å². The van der Waals surface area contributed by atoms with Gasteiger partial charge in [0.2, 0.25) is 0 Å². The average Bonchev–Trinajstić information content (AvgIpc) is 3.59. The molecule has 0 bridgehead atoms. The van der Waals surface area contributed by atoms with Crippen molar-refractivity contribution in [1.82, 2.24) is 30.0 Å². The number of hydrogen-bond acceptors (Lipinski definition) is 7. The summed E-state index contributed by atoms with van der Waals surface area (Å²) in [7, 11) is 0. The van der Waals surface area contributed by atoms with Gasteiger partial charge in [0.25, 0.3) is 5.91 Å². The van der Waals surface area contributed by atoms with E-state index in [-0.39, 0.29) is 11.7 Å². The van der Waals surface area contributed by atoms with Gasteiger partial charge in [0.15, 0.2) is 5.16 Å². The third-order valence-corrected chi connectivity index (χ3v) is 6.83. The highest BCUT2D eigenvalue weighted by molar-refractivity contribution is 7.99. The number of carbonyl (C=O) groups is 1. The van der Waals surface area contributed by atoms with E-state index in [1.807, 2.05) is 103 Å². The lowest BCUT2D eigenvalue weighted by Gasteiger charge is -2.07. The van der Waals surface area contributed by atoms with Gasteiger partial charge in [-0.15, -0.1) is 10.2 Å². The molecule has 0 spiro atoms. The van der Waals surface area contributed by atoms with Crippen molar-refractivity contribution >= 4 is 23.9 Å². The van der Waals surface area contributed by atoms with E-state index in [9.17, 15) is 4.79 Å². The van der Waals surface area contributed by atoms with Gasteiger partial charge in [0, 0.05) is 23.0 Å². The molecule has 202 valence electrons. The van der Waals surface area contributed by atoms with Crippen molar-refractivity contribution in [3.8, 4) is 28.4 Å². The average molecular weight is 552 g/mol. The fourth-order valence-electron chi connectivity index (χ4n) is 3.99. The normalized spacial score (nSPS) is 11.2. The highest BCUT2D eigenvalue weighted by atomic mass is 32.2. The number of hydrazone groups is 1. The largest absolute Gasteiger partial charge is 0.494 e. The van der Waals surface area contributed by atoms with Gasteiger partial charge in [-0.2, -0.15) is 10.2 Å². The molecule has 0 radical (unpaired) electrons. The summed E-state index contributed by atoms with van der Waals surface area (Å²) in [5.74, 6) is 1.44. The topological polar surface area (TPSA) is 99.2 Å². The summed E-state index contributed by atoms with van der Waals surface area (Å²) >= 11 is 1.30. The molecule has 40 heavy (non-hydrogen) atoms. The molecule has 0 aliphatic carbocycles. The van der Waals surface area contributed by atoms with Crippen LogP contribution in [0.5, 0.6) is 5.75 Å². The number of benzene rings is 3. The molecule has 0 aliphatic rings. The molecule has 9 nitrogen and oxygen atoms in total. The first-order valence-corrected chi connectivity index (χ1v) is 13.9. The Morgan fingerprint density at radius 1 is 0.975 bits per heavy atom. The molecule has 1 amide bonds. The van der Waals surface area contributed by atoms with Crippen molar-refractivity contribution in [3.05, 3.63) is 103 Å². The van der Waals surface area contributed by atoms with E-state index < -0.39 is 0 Å². The van der Waals surface area contributed by atoms with Crippen LogP contribution in [0.1, 0.15) is 24.7 Å². The number of nitrogens with one attached hydrogen (secondary N) is 1. The van der Waals surface area contributed by atoms with Gasteiger partial charge in [-0.1, -0.05) is 55.1 Å². The molecule has 1 N–H and O–H groups in total. The third-order valence-electron chi connectivity index (χ3n) is 5.90. The maximum Gasteiger partial charge on any atom is 0.250 e. The molecule has 0 atom stereocenters. The summed E-state index contributed by atoms with van der Waals surface area (Å²) in [5.41, 5.74) is 6.90. The molecule has 0 saturated carbocycles. The zero-order valence-corrected chi connectivity index (χ0v) is 23.1. The quantitative estimate of drug-likeness (QED) is 0.133. The number of rotatable bonds is 11. The molecule has 0 aliphatic heterocycles. The van der Waals surface area contributed by atoms with Crippen molar-refractivity contribution in [3.63, 3.8) is 0 Å². The van der Waals surface area contributed by atoms with E-state index in [2.05, 4.69) is 27.6 Å². The zero-order chi connectivity index (χ0) is 27.7. The Hall–Kier alpha value is -4.70. The SMILES string of the molecule is CCCOc1ccc(-c2nn(-c3ccccc3)cc2/C=N/NC(=O)CSc2nnc(C)n2-c2ccccc2)cc1. The highest BCUT2D eigenvalue weighted by Gasteiger charge is 2.14. The fraction of sp³-hybridized carbons (Fsp3) is 0.167. The van der Waals surface area contributed by atoms with Gasteiger partial charge in [-0.25, -0.2) is 10.1 Å². The molecule has 5 rings (SSSR count). The first-order chi connectivity index (χ1) is 19.6. The Bertz CT molecular complexity index is 1580. The van der Waals surface area contributed by atoms with Crippen LogP contribution in [0.25, 0.3) is 22.6 Å². The van der Waals surface area contributed by atoms with Crippen LogP contribution in [0.15, 0.2) is 101 Å². The first kappa shape index (κ1) is 26.9. The zero-order valence-electron chi connectivity index (χ0n) is 22.3. The van der Waals surface area contributed by atoms with Crippen LogP contribution in [-0.4, -0.2) is 49.0 Å². The van der Waals surface area contributed by atoms with Crippen LogP contribution < -0.4 is 10.2 Å². The summed E-state index contributed by atoms with van der Waals surface area (Å²) in [4.78, 5) is 12.6. The van der Waals surface area contributed by atoms with E-state index in [4.69, 9.17) is 9.84 Å². The van der Waals surface area contributed by atoms with Crippen molar-refractivity contribution in [2.45, 2.75) is 25.4 Å². The molecule has 0 fully saturated rings. The first-order valence-electron chi connectivity index (χ1n) is 12.9. The Kier molecular flexibility index (Phi) is 8.67. The second-order valence-electron chi connectivity index (χ2n) is 8.87. The lowest BCUT2D eigenvalue weighted by molar-refractivity contribution is -0.118. The molecular weight excluding hydrogens is 522 g/mol. The maximum atomic E-state index is 12.6. The maximum absolute atomic E-state index is 12.6. The van der Waals surface area contributed by atoms with Crippen LogP contribution in [0.2, 0.25) is 0 Å². The molecule has 5 aromatic rings. The number of thioether (sulfide) groups is 1. The molecule has 2 heterocycles. The minimum absolute atomic E-state index is 0.137. The van der Waals surface area contributed by atoms with E-state index >= 15 is 0 Å². The summed E-state index contributed by atoms with van der Waals surface area (Å²) in [6.07, 6.45) is 4.45. The summed E-state index contributed by atoms with van der Waals surface area (Å²) in [6.45, 7) is 4.63. The number of amides is 1. The summed E-state index contributed by atoms with van der Waals surface area (Å²) in [5, 5.41) is 18.1. The number of carbonyl (C=O) groups excluding carboxylic acids is 1. The van der Waals surface area contributed by atoms with Crippen molar-refractivity contribution in [2.75, 3.05) is 12.4 Å². The smallest absolute Gasteiger partial charge is 0.250 e. The van der Waals surface area contributed by atoms with Gasteiger partial charge in [0.05, 0.1) is 24.3 Å². The third kappa shape index (κ3) is 6.47. The van der Waals surface area contributed by atoms with E-state index in [1.54, 1.807) is 10.9 Å². The van der Waals surface area contributed by atoms with Crippen LogP contribution in [0.3, 0.4) is 0 Å². The predicted molar refractivity (Wildman–Crippen MR) is 157 cm³/mol. The van der Waals surface area contributed by atoms with Crippen LogP contribution in [0.4, 0.5) is 0 Å². The van der Waals surface area contributed by atoms with Gasteiger partial charge in [-0.05, 0) is 61.9 Å². The number of hydrogen-bond donors (Lipinski definition) is 1. The molecule has 10 heteroatoms. The van der Waals surface area contributed by atoms with E-state index in [0.29, 0.717) is 11.8 Å². The molecule has 0 saturated heterocycles. The van der Waals surface area contributed by atoms with Gasteiger partial charge < -0.3 is 4.74 Å². The second kappa shape index (κ2) is 12.9. The second-order valence-corrected chi connectivity index (χ2v) is 9.81. The predicted octanol–water partition coefficient (Wildman–Crippen LogP) is 5.46. The molecule has 3 aromatic carbocycles. The van der Waals surface area contributed by atoms with Crippen molar-refractivity contribution in [1.29, 1.82) is 0 Å². The van der Waals surface area contributed by atoms with E-state index in [0.717, 1.165) is 46.2 Å². The Balaban J connectivity index is 1.29. The minimum Gasteiger partial charge on any atom is -0.494 e. The van der Waals surface area contributed by atoms with Crippen LogP contribution in [0, 0.1) is 6.92 Å². The highest BCUT2D eigenvalue weighted by Crippen LogP contribution is 2.25. The van der Waals surface area contributed by atoms with Crippen molar-refractivity contribution < 1.29 is 9.53 Å². The minimum atomic E-state index is -0.254. The van der Waals surface area contributed by atoms with E-state index in [1.165, 1.54) is 11.8 Å². The standard InChI is InChI=1S/C30H29N7O2S/c1-3-18-39-27-16-14-23(15-17-27)29-24(20-36(35-29)25-10-6-4-7-11-25)19-31-33-28(38)21-40-30-34-32-22(2)37(30)26-12-8-5-9-13-26/h4-17,19-20H,3,18,21H2,1-2H3,(H,33,38)/b31-19+. The van der Waals surface area contributed by atoms with Crippen LogP contribution >= 0.6 is 11.8 Å². The number of ether oxygens (including phenoxy) is 1. The molecule has 0 unspecified atom stereocenters. The fourth-order valence-corrected chi connectivity index (χ4v) is 4.78. The lowest BCUT2D eigenvalue weighted by Crippen LogP contribution is -2.20. The van der Waals surface area contributed by atoms with Gasteiger partial charge in [-0.3, -0.25) is 9.36 Å². The number of aromatic nitrogens is 5. The number of nitrogens with zero attached hydrogens (tertiary/aromatic N) is 6. The Morgan fingerprint density at radius 2 is 1.68 bits per heavy atom. The van der Waals surface area contributed by atoms with Crippen molar-refractivity contribution in [2.24, 2.45) is 5.10 Å². The Morgan fingerprint density at radius 3 is 2.38 bits per heavy atom.